The third-order valence-corrected chi connectivity index (χ3v) is 4.07. The molecule has 0 aliphatic carbocycles. The van der Waals surface area contributed by atoms with Gasteiger partial charge < -0.3 is 10.2 Å². The summed E-state index contributed by atoms with van der Waals surface area (Å²) in [7, 11) is 4.40. The average molecular weight is 255 g/mol. The predicted octanol–water partition coefficient (Wildman–Crippen LogP) is 2.04. The van der Waals surface area contributed by atoms with Gasteiger partial charge in [-0.2, -0.15) is 0 Å². The number of rotatable bonds is 7. The summed E-state index contributed by atoms with van der Waals surface area (Å²) in [6.45, 7) is 12.8. The summed E-state index contributed by atoms with van der Waals surface area (Å²) < 4.78 is 0. The van der Waals surface area contributed by atoms with E-state index in [1.54, 1.807) is 0 Å². The zero-order chi connectivity index (χ0) is 13.7. The van der Waals surface area contributed by atoms with E-state index in [0.29, 0.717) is 18.1 Å². The first kappa shape index (κ1) is 15.9. The zero-order valence-electron chi connectivity index (χ0n) is 13.2. The van der Waals surface area contributed by atoms with E-state index in [-0.39, 0.29) is 0 Å². The van der Waals surface area contributed by atoms with Crippen LogP contribution < -0.4 is 5.32 Å². The predicted molar refractivity (Wildman–Crippen MR) is 80.0 cm³/mol. The minimum absolute atomic E-state index is 0.665. The number of nitrogens with zero attached hydrogens (tertiary/aromatic N) is 2. The molecule has 108 valence electrons. The van der Waals surface area contributed by atoms with E-state index in [4.69, 9.17) is 0 Å². The summed E-state index contributed by atoms with van der Waals surface area (Å²) in [4.78, 5) is 4.94. The Balaban J connectivity index is 2.30. The summed E-state index contributed by atoms with van der Waals surface area (Å²) >= 11 is 0. The molecule has 0 aromatic carbocycles. The van der Waals surface area contributed by atoms with E-state index >= 15 is 0 Å². The SMILES string of the molecule is CC(C)CC(CNC1CCN(C(C)C)C1)N(C)C. The van der Waals surface area contributed by atoms with Gasteiger partial charge in [0.2, 0.25) is 0 Å². The van der Waals surface area contributed by atoms with Crippen LogP contribution in [0.2, 0.25) is 0 Å². The van der Waals surface area contributed by atoms with Crippen molar-refractivity contribution in [3.05, 3.63) is 0 Å². The minimum atomic E-state index is 0.665. The van der Waals surface area contributed by atoms with Crippen LogP contribution in [0.1, 0.15) is 40.5 Å². The zero-order valence-corrected chi connectivity index (χ0v) is 13.2. The molecule has 2 unspecified atom stereocenters. The van der Waals surface area contributed by atoms with Crippen molar-refractivity contribution >= 4 is 0 Å². The van der Waals surface area contributed by atoms with Crippen molar-refractivity contribution in [3.63, 3.8) is 0 Å². The molecule has 1 heterocycles. The van der Waals surface area contributed by atoms with Crippen molar-refractivity contribution in [1.82, 2.24) is 15.1 Å². The second-order valence-corrected chi connectivity index (χ2v) is 6.73. The molecule has 0 bridgehead atoms. The van der Waals surface area contributed by atoms with E-state index in [1.807, 2.05) is 0 Å². The molecule has 1 rings (SSSR count). The van der Waals surface area contributed by atoms with Gasteiger partial charge in [0.25, 0.3) is 0 Å². The Morgan fingerprint density at radius 3 is 2.33 bits per heavy atom. The van der Waals surface area contributed by atoms with Gasteiger partial charge >= 0.3 is 0 Å². The van der Waals surface area contributed by atoms with Gasteiger partial charge in [-0.3, -0.25) is 4.90 Å². The number of nitrogens with one attached hydrogen (secondary N) is 1. The Labute approximate surface area is 114 Å². The highest BCUT2D eigenvalue weighted by Crippen LogP contribution is 2.13. The van der Waals surface area contributed by atoms with Crippen molar-refractivity contribution in [3.8, 4) is 0 Å². The van der Waals surface area contributed by atoms with Crippen molar-refractivity contribution in [1.29, 1.82) is 0 Å². The maximum atomic E-state index is 3.77. The molecule has 18 heavy (non-hydrogen) atoms. The Morgan fingerprint density at radius 1 is 1.22 bits per heavy atom. The molecule has 3 nitrogen and oxygen atoms in total. The summed E-state index contributed by atoms with van der Waals surface area (Å²) in [5.74, 6) is 0.773. The molecule has 1 aliphatic rings. The summed E-state index contributed by atoms with van der Waals surface area (Å²) in [5, 5.41) is 3.77. The van der Waals surface area contributed by atoms with Crippen LogP contribution in [0, 0.1) is 5.92 Å². The van der Waals surface area contributed by atoms with Gasteiger partial charge in [0.15, 0.2) is 0 Å². The topological polar surface area (TPSA) is 18.5 Å². The highest BCUT2D eigenvalue weighted by Gasteiger charge is 2.24. The van der Waals surface area contributed by atoms with Gasteiger partial charge in [-0.05, 0) is 53.2 Å². The van der Waals surface area contributed by atoms with Crippen LogP contribution in [-0.2, 0) is 0 Å². The Kier molecular flexibility index (Phi) is 6.61. The normalized spacial score (nSPS) is 23.5. The van der Waals surface area contributed by atoms with Gasteiger partial charge in [0.05, 0.1) is 0 Å². The maximum absolute atomic E-state index is 3.77. The number of likely N-dealkylation sites (N-methyl/N-ethyl adjacent to an activating group) is 1. The Bertz CT molecular complexity index is 226. The fourth-order valence-corrected chi connectivity index (χ4v) is 2.75. The monoisotopic (exact) mass is 255 g/mol. The van der Waals surface area contributed by atoms with Crippen LogP contribution in [0.4, 0.5) is 0 Å². The lowest BCUT2D eigenvalue weighted by Crippen LogP contribution is -2.44. The summed E-state index contributed by atoms with van der Waals surface area (Å²) in [6.07, 6.45) is 2.58. The molecule has 0 radical (unpaired) electrons. The minimum Gasteiger partial charge on any atom is -0.311 e. The Morgan fingerprint density at radius 2 is 1.89 bits per heavy atom. The number of hydrogen-bond acceptors (Lipinski definition) is 3. The molecule has 0 amide bonds. The Hall–Kier alpha value is -0.120. The van der Waals surface area contributed by atoms with Gasteiger partial charge in [-0.15, -0.1) is 0 Å². The van der Waals surface area contributed by atoms with Gasteiger partial charge in [0.1, 0.15) is 0 Å². The third kappa shape index (κ3) is 5.25. The molecule has 2 atom stereocenters. The van der Waals surface area contributed by atoms with E-state index in [2.05, 4.69) is 56.9 Å². The molecule has 0 aromatic heterocycles. The van der Waals surface area contributed by atoms with Crippen LogP contribution in [0.5, 0.6) is 0 Å². The van der Waals surface area contributed by atoms with Crippen LogP contribution in [0.15, 0.2) is 0 Å². The maximum Gasteiger partial charge on any atom is 0.0217 e. The highest BCUT2D eigenvalue weighted by atomic mass is 15.2. The van der Waals surface area contributed by atoms with Crippen molar-refractivity contribution < 1.29 is 0 Å². The lowest BCUT2D eigenvalue weighted by Gasteiger charge is -2.28. The highest BCUT2D eigenvalue weighted by molar-refractivity contribution is 4.84. The largest absolute Gasteiger partial charge is 0.311 e. The summed E-state index contributed by atoms with van der Waals surface area (Å²) in [5.41, 5.74) is 0. The van der Waals surface area contributed by atoms with E-state index in [0.717, 1.165) is 12.5 Å². The first-order valence-electron chi connectivity index (χ1n) is 7.54. The van der Waals surface area contributed by atoms with Crippen LogP contribution in [0.3, 0.4) is 0 Å². The van der Waals surface area contributed by atoms with E-state index < -0.39 is 0 Å². The van der Waals surface area contributed by atoms with Gasteiger partial charge in [-0.25, -0.2) is 0 Å². The van der Waals surface area contributed by atoms with Crippen LogP contribution in [-0.4, -0.2) is 61.7 Å². The fourth-order valence-electron chi connectivity index (χ4n) is 2.75. The third-order valence-electron chi connectivity index (χ3n) is 4.07. The molecular formula is C15H33N3. The quantitative estimate of drug-likeness (QED) is 0.751. The molecule has 1 fully saturated rings. The molecule has 0 spiro atoms. The first-order valence-corrected chi connectivity index (χ1v) is 7.54. The van der Waals surface area contributed by atoms with Crippen LogP contribution in [0.25, 0.3) is 0 Å². The summed E-state index contributed by atoms with van der Waals surface area (Å²) in [6, 6.07) is 2.05. The van der Waals surface area contributed by atoms with Gasteiger partial charge in [0, 0.05) is 31.2 Å². The second kappa shape index (κ2) is 7.46. The number of likely N-dealkylation sites (tertiary alicyclic amines) is 1. The van der Waals surface area contributed by atoms with Crippen molar-refractivity contribution in [2.24, 2.45) is 5.92 Å². The lowest BCUT2D eigenvalue weighted by molar-refractivity contribution is 0.234. The molecule has 0 saturated carbocycles. The molecule has 3 heteroatoms. The number of hydrogen-bond donors (Lipinski definition) is 1. The first-order chi connectivity index (χ1) is 8.40. The standard InChI is InChI=1S/C15H33N3/c1-12(2)9-15(17(5)6)10-16-14-7-8-18(11-14)13(3)4/h12-16H,7-11H2,1-6H3. The lowest BCUT2D eigenvalue weighted by atomic mass is 10.0. The van der Waals surface area contributed by atoms with Gasteiger partial charge in [-0.1, -0.05) is 13.8 Å². The molecular weight excluding hydrogens is 222 g/mol. The fraction of sp³-hybridized carbons (Fsp3) is 1.00. The smallest absolute Gasteiger partial charge is 0.0217 e. The van der Waals surface area contributed by atoms with E-state index in [1.165, 1.54) is 25.9 Å². The van der Waals surface area contributed by atoms with Crippen molar-refractivity contribution in [2.75, 3.05) is 33.7 Å². The average Bonchev–Trinajstić information content (AvgIpc) is 2.72. The second-order valence-electron chi connectivity index (χ2n) is 6.73. The van der Waals surface area contributed by atoms with E-state index in [9.17, 15) is 0 Å². The molecule has 1 N–H and O–H groups in total. The van der Waals surface area contributed by atoms with Crippen LogP contribution >= 0.6 is 0 Å². The van der Waals surface area contributed by atoms with Crippen molar-refractivity contribution in [2.45, 2.75) is 58.7 Å². The molecule has 1 saturated heterocycles. The molecule has 1 aliphatic heterocycles. The molecule has 0 aromatic rings.